The van der Waals surface area contributed by atoms with E-state index in [9.17, 15) is 4.79 Å². The Hall–Kier alpha value is -1.33. The van der Waals surface area contributed by atoms with Crippen molar-refractivity contribution in [3.63, 3.8) is 0 Å². The Bertz CT molecular complexity index is 363. The molecule has 1 rings (SSSR count). The molecule has 1 heterocycles. The van der Waals surface area contributed by atoms with Crippen molar-refractivity contribution in [3.8, 4) is 0 Å². The van der Waals surface area contributed by atoms with E-state index in [1.807, 2.05) is 19.2 Å². The third-order valence-electron chi connectivity index (χ3n) is 2.85. The minimum Gasteiger partial charge on any atom is -0.383 e. The summed E-state index contributed by atoms with van der Waals surface area (Å²) in [7, 11) is 1.62. The normalized spacial score (nSPS) is 12.4. The predicted octanol–water partition coefficient (Wildman–Crippen LogP) is 0.749. The van der Waals surface area contributed by atoms with E-state index in [0.29, 0.717) is 19.7 Å². The molecule has 0 saturated carbocycles. The number of amides is 1. The fraction of sp³-hybridized carbons (Fsp3) is 0.615. The van der Waals surface area contributed by atoms with Crippen molar-refractivity contribution in [2.75, 3.05) is 20.3 Å². The van der Waals surface area contributed by atoms with Gasteiger partial charge in [0, 0.05) is 38.6 Å². The average Bonchev–Trinajstić information content (AvgIpc) is 2.83. The van der Waals surface area contributed by atoms with Crippen LogP contribution in [0.3, 0.4) is 0 Å². The number of carbonyl (C=O) groups excluding carboxylic acids is 1. The van der Waals surface area contributed by atoms with Gasteiger partial charge in [0.15, 0.2) is 0 Å². The molecular weight excluding hydrogens is 230 g/mol. The van der Waals surface area contributed by atoms with Crippen molar-refractivity contribution in [2.24, 2.45) is 0 Å². The van der Waals surface area contributed by atoms with Crippen LogP contribution in [0.4, 0.5) is 0 Å². The van der Waals surface area contributed by atoms with Crippen LogP contribution in [0.1, 0.15) is 19.5 Å². The van der Waals surface area contributed by atoms with Crippen LogP contribution in [0.2, 0.25) is 0 Å². The van der Waals surface area contributed by atoms with Gasteiger partial charge < -0.3 is 19.9 Å². The molecule has 5 nitrogen and oxygen atoms in total. The van der Waals surface area contributed by atoms with E-state index in [0.717, 1.165) is 6.54 Å². The number of methoxy groups -OCH3 is 1. The van der Waals surface area contributed by atoms with Crippen LogP contribution in [0.15, 0.2) is 18.3 Å². The maximum Gasteiger partial charge on any atom is 0.236 e. The quantitative estimate of drug-likeness (QED) is 0.672. The Kier molecular flexibility index (Phi) is 6.46. The third kappa shape index (κ3) is 4.50. The first kappa shape index (κ1) is 14.7. The summed E-state index contributed by atoms with van der Waals surface area (Å²) in [5.74, 6) is 0.00153. The SMILES string of the molecule is CCn1cccc1CNC(C)C(=O)NCCOC. The summed E-state index contributed by atoms with van der Waals surface area (Å²) < 4.78 is 7.04. The molecule has 0 fully saturated rings. The van der Waals surface area contributed by atoms with Crippen LogP contribution in [-0.4, -0.2) is 36.8 Å². The molecule has 1 aromatic heterocycles. The van der Waals surface area contributed by atoms with Crippen molar-refractivity contribution in [1.29, 1.82) is 0 Å². The Balaban J connectivity index is 2.32. The van der Waals surface area contributed by atoms with Gasteiger partial charge in [-0.05, 0) is 26.0 Å². The van der Waals surface area contributed by atoms with Crippen molar-refractivity contribution in [3.05, 3.63) is 24.0 Å². The van der Waals surface area contributed by atoms with Gasteiger partial charge in [0.05, 0.1) is 12.6 Å². The van der Waals surface area contributed by atoms with Crippen molar-refractivity contribution < 1.29 is 9.53 Å². The third-order valence-corrected chi connectivity index (χ3v) is 2.85. The van der Waals surface area contributed by atoms with E-state index in [-0.39, 0.29) is 11.9 Å². The van der Waals surface area contributed by atoms with Gasteiger partial charge in [-0.1, -0.05) is 0 Å². The van der Waals surface area contributed by atoms with Gasteiger partial charge in [-0.25, -0.2) is 0 Å². The lowest BCUT2D eigenvalue weighted by atomic mass is 10.3. The first-order valence-electron chi connectivity index (χ1n) is 6.33. The van der Waals surface area contributed by atoms with E-state index in [2.05, 4.69) is 28.2 Å². The molecule has 0 aliphatic carbocycles. The van der Waals surface area contributed by atoms with Crippen LogP contribution in [0.25, 0.3) is 0 Å². The van der Waals surface area contributed by atoms with E-state index < -0.39 is 0 Å². The molecule has 0 aliphatic rings. The van der Waals surface area contributed by atoms with Gasteiger partial charge in [-0.15, -0.1) is 0 Å². The second-order valence-electron chi connectivity index (χ2n) is 4.17. The number of nitrogens with zero attached hydrogens (tertiary/aromatic N) is 1. The fourth-order valence-corrected chi connectivity index (χ4v) is 1.70. The number of rotatable bonds is 8. The summed E-state index contributed by atoms with van der Waals surface area (Å²) in [6, 6.07) is 3.87. The Morgan fingerprint density at radius 2 is 2.33 bits per heavy atom. The molecule has 102 valence electrons. The molecule has 1 atom stereocenters. The Morgan fingerprint density at radius 1 is 1.56 bits per heavy atom. The van der Waals surface area contributed by atoms with Gasteiger partial charge in [0.2, 0.25) is 5.91 Å². The van der Waals surface area contributed by atoms with E-state index in [1.54, 1.807) is 7.11 Å². The molecule has 0 spiro atoms. The highest BCUT2D eigenvalue weighted by molar-refractivity contribution is 5.81. The lowest BCUT2D eigenvalue weighted by Crippen LogP contribution is -2.43. The smallest absolute Gasteiger partial charge is 0.236 e. The molecule has 1 aromatic rings. The Labute approximate surface area is 109 Å². The second-order valence-corrected chi connectivity index (χ2v) is 4.17. The number of hydrogen-bond acceptors (Lipinski definition) is 3. The van der Waals surface area contributed by atoms with Crippen LogP contribution < -0.4 is 10.6 Å². The molecule has 1 amide bonds. The summed E-state index contributed by atoms with van der Waals surface area (Å²) >= 11 is 0. The lowest BCUT2D eigenvalue weighted by Gasteiger charge is -2.14. The van der Waals surface area contributed by atoms with Crippen molar-refractivity contribution in [2.45, 2.75) is 33.0 Å². The van der Waals surface area contributed by atoms with Gasteiger partial charge in [-0.3, -0.25) is 4.79 Å². The van der Waals surface area contributed by atoms with Gasteiger partial charge >= 0.3 is 0 Å². The minimum absolute atomic E-state index is 0.00153. The molecule has 0 saturated heterocycles. The van der Waals surface area contributed by atoms with Crippen LogP contribution in [-0.2, 0) is 22.6 Å². The molecule has 18 heavy (non-hydrogen) atoms. The summed E-state index contributed by atoms with van der Waals surface area (Å²) in [5, 5.41) is 6.02. The Morgan fingerprint density at radius 3 is 3.00 bits per heavy atom. The largest absolute Gasteiger partial charge is 0.383 e. The van der Waals surface area contributed by atoms with E-state index in [1.165, 1.54) is 5.69 Å². The molecular formula is C13H23N3O2. The number of carbonyl (C=O) groups is 1. The summed E-state index contributed by atoms with van der Waals surface area (Å²) in [5.41, 5.74) is 1.19. The maximum absolute atomic E-state index is 11.7. The van der Waals surface area contributed by atoms with Gasteiger partial charge in [0.25, 0.3) is 0 Å². The molecule has 2 N–H and O–H groups in total. The zero-order chi connectivity index (χ0) is 13.4. The highest BCUT2D eigenvalue weighted by Crippen LogP contribution is 2.02. The molecule has 0 aliphatic heterocycles. The van der Waals surface area contributed by atoms with Gasteiger partial charge in [-0.2, -0.15) is 0 Å². The number of ether oxygens (including phenoxy) is 1. The summed E-state index contributed by atoms with van der Waals surface area (Å²) in [6.45, 7) is 6.69. The number of nitrogens with one attached hydrogen (secondary N) is 2. The molecule has 5 heteroatoms. The van der Waals surface area contributed by atoms with E-state index in [4.69, 9.17) is 4.74 Å². The first-order chi connectivity index (χ1) is 8.69. The minimum atomic E-state index is -0.206. The second kappa shape index (κ2) is 7.89. The standard InChI is InChI=1S/C13H23N3O2/c1-4-16-8-5-6-12(16)10-15-11(2)13(17)14-7-9-18-3/h5-6,8,11,15H,4,7,9-10H2,1-3H3,(H,14,17). The zero-order valence-electron chi connectivity index (χ0n) is 11.4. The summed E-state index contributed by atoms with van der Waals surface area (Å²) in [4.78, 5) is 11.7. The molecule has 0 bridgehead atoms. The molecule has 0 aromatic carbocycles. The van der Waals surface area contributed by atoms with Crippen LogP contribution >= 0.6 is 0 Å². The highest BCUT2D eigenvalue weighted by atomic mass is 16.5. The van der Waals surface area contributed by atoms with E-state index >= 15 is 0 Å². The molecule has 0 radical (unpaired) electrons. The summed E-state index contributed by atoms with van der Waals surface area (Å²) in [6.07, 6.45) is 2.04. The average molecular weight is 253 g/mol. The van der Waals surface area contributed by atoms with Crippen LogP contribution in [0, 0.1) is 0 Å². The number of aryl methyl sites for hydroxylation is 1. The monoisotopic (exact) mass is 253 g/mol. The predicted molar refractivity (Wildman–Crippen MR) is 71.3 cm³/mol. The number of hydrogen-bond donors (Lipinski definition) is 2. The lowest BCUT2D eigenvalue weighted by molar-refractivity contribution is -0.123. The first-order valence-corrected chi connectivity index (χ1v) is 6.33. The fourth-order valence-electron chi connectivity index (χ4n) is 1.70. The van der Waals surface area contributed by atoms with Gasteiger partial charge in [0.1, 0.15) is 0 Å². The van der Waals surface area contributed by atoms with Crippen molar-refractivity contribution >= 4 is 5.91 Å². The zero-order valence-corrected chi connectivity index (χ0v) is 11.4. The molecule has 1 unspecified atom stereocenters. The topological polar surface area (TPSA) is 55.3 Å². The van der Waals surface area contributed by atoms with Crippen LogP contribution in [0.5, 0.6) is 0 Å². The highest BCUT2D eigenvalue weighted by Gasteiger charge is 2.11. The number of aromatic nitrogens is 1. The maximum atomic E-state index is 11.7. The van der Waals surface area contributed by atoms with Crippen molar-refractivity contribution in [1.82, 2.24) is 15.2 Å².